The molecule has 7 heteroatoms. The summed E-state index contributed by atoms with van der Waals surface area (Å²) in [7, 11) is 0. The third kappa shape index (κ3) is 3.60. The maximum Gasteiger partial charge on any atom is 0.337 e. The number of carbonyl (C=O) groups excluding carboxylic acids is 3. The van der Waals surface area contributed by atoms with Crippen LogP contribution in [0.3, 0.4) is 0 Å². The van der Waals surface area contributed by atoms with Gasteiger partial charge in [0.15, 0.2) is 6.10 Å². The van der Waals surface area contributed by atoms with E-state index in [0.29, 0.717) is 5.56 Å². The van der Waals surface area contributed by atoms with Crippen LogP contribution >= 0.6 is 0 Å². The minimum atomic E-state index is -2.13. The number of ether oxygens (including phenoxy) is 4. The van der Waals surface area contributed by atoms with Crippen LogP contribution in [0.15, 0.2) is 42.5 Å². The molecule has 2 atom stereocenters. The Bertz CT molecular complexity index is 692. The van der Waals surface area contributed by atoms with Gasteiger partial charge in [-0.15, -0.1) is 0 Å². The van der Waals surface area contributed by atoms with Gasteiger partial charge in [0.1, 0.15) is 6.10 Å². The molecular formula is C20H24O7. The lowest BCUT2D eigenvalue weighted by molar-refractivity contribution is -0.183. The quantitative estimate of drug-likeness (QED) is 0.312. The van der Waals surface area contributed by atoms with E-state index in [9.17, 15) is 14.4 Å². The van der Waals surface area contributed by atoms with Crippen LogP contribution in [0.4, 0.5) is 0 Å². The molecule has 0 spiro atoms. The van der Waals surface area contributed by atoms with Crippen LogP contribution in [-0.2, 0) is 33.3 Å². The molecule has 146 valence electrons. The Kier molecular flexibility index (Phi) is 6.74. The molecule has 2 rings (SSSR count). The highest BCUT2D eigenvalue weighted by molar-refractivity contribution is 6.09. The zero-order chi connectivity index (χ0) is 20.0. The fourth-order valence-electron chi connectivity index (χ4n) is 3.10. The highest BCUT2D eigenvalue weighted by atomic mass is 16.6. The SMILES string of the molecule is C=C1[C@H](c2ccccc2)O[C@H](C(=O)OCC)C1(C(=O)OCC)C(=O)OCC. The van der Waals surface area contributed by atoms with Crippen LogP contribution in [0, 0.1) is 5.41 Å². The average Bonchev–Trinajstić information content (AvgIpc) is 2.97. The van der Waals surface area contributed by atoms with Gasteiger partial charge in [-0.25, -0.2) is 4.79 Å². The normalized spacial score (nSPS) is 20.8. The smallest absolute Gasteiger partial charge is 0.337 e. The third-order valence-corrected chi connectivity index (χ3v) is 4.29. The second kappa shape index (κ2) is 8.81. The molecule has 0 radical (unpaired) electrons. The van der Waals surface area contributed by atoms with Crippen molar-refractivity contribution in [3.63, 3.8) is 0 Å². The second-order valence-electron chi connectivity index (χ2n) is 5.83. The molecule has 1 aromatic rings. The summed E-state index contributed by atoms with van der Waals surface area (Å²) in [6, 6.07) is 8.88. The van der Waals surface area contributed by atoms with Crippen LogP contribution in [-0.4, -0.2) is 43.8 Å². The van der Waals surface area contributed by atoms with E-state index in [1.807, 2.05) is 6.07 Å². The highest BCUT2D eigenvalue weighted by Gasteiger charge is 2.67. The van der Waals surface area contributed by atoms with E-state index in [0.717, 1.165) is 0 Å². The summed E-state index contributed by atoms with van der Waals surface area (Å²) >= 11 is 0. The maximum atomic E-state index is 12.9. The first-order valence-corrected chi connectivity index (χ1v) is 8.85. The highest BCUT2D eigenvalue weighted by Crippen LogP contribution is 2.51. The van der Waals surface area contributed by atoms with Gasteiger partial charge in [-0.2, -0.15) is 0 Å². The molecule has 1 aromatic carbocycles. The van der Waals surface area contributed by atoms with Crippen molar-refractivity contribution in [2.24, 2.45) is 5.41 Å². The van der Waals surface area contributed by atoms with Gasteiger partial charge in [-0.1, -0.05) is 36.9 Å². The Labute approximate surface area is 158 Å². The molecule has 1 heterocycles. The van der Waals surface area contributed by atoms with E-state index in [1.165, 1.54) is 0 Å². The molecule has 0 aliphatic carbocycles. The van der Waals surface area contributed by atoms with Crippen molar-refractivity contribution in [3.8, 4) is 0 Å². The van der Waals surface area contributed by atoms with Crippen LogP contribution in [0.1, 0.15) is 32.4 Å². The van der Waals surface area contributed by atoms with Crippen molar-refractivity contribution >= 4 is 17.9 Å². The van der Waals surface area contributed by atoms with Crippen molar-refractivity contribution in [2.75, 3.05) is 19.8 Å². The third-order valence-electron chi connectivity index (χ3n) is 4.29. The van der Waals surface area contributed by atoms with Gasteiger partial charge in [0.2, 0.25) is 5.41 Å². The Hall–Kier alpha value is -2.67. The van der Waals surface area contributed by atoms with Crippen molar-refractivity contribution in [2.45, 2.75) is 33.0 Å². The minimum Gasteiger partial charge on any atom is -0.465 e. The van der Waals surface area contributed by atoms with E-state index in [1.54, 1.807) is 45.0 Å². The van der Waals surface area contributed by atoms with Gasteiger partial charge in [0.05, 0.1) is 19.8 Å². The van der Waals surface area contributed by atoms with E-state index < -0.39 is 35.5 Å². The van der Waals surface area contributed by atoms with Gasteiger partial charge in [-0.05, 0) is 31.9 Å². The molecule has 0 bridgehead atoms. The summed E-state index contributed by atoms with van der Waals surface area (Å²) < 4.78 is 21.1. The molecule has 0 unspecified atom stereocenters. The van der Waals surface area contributed by atoms with Crippen LogP contribution in [0.2, 0.25) is 0 Å². The van der Waals surface area contributed by atoms with Crippen LogP contribution < -0.4 is 0 Å². The summed E-state index contributed by atoms with van der Waals surface area (Å²) in [5, 5.41) is 0. The van der Waals surface area contributed by atoms with Gasteiger partial charge in [-0.3, -0.25) is 9.59 Å². The van der Waals surface area contributed by atoms with E-state index >= 15 is 0 Å². The molecule has 0 N–H and O–H groups in total. The Morgan fingerprint density at radius 1 is 0.963 bits per heavy atom. The lowest BCUT2D eigenvalue weighted by Crippen LogP contribution is -2.52. The van der Waals surface area contributed by atoms with Gasteiger partial charge < -0.3 is 18.9 Å². The summed E-state index contributed by atoms with van der Waals surface area (Å²) in [6.07, 6.45) is -2.41. The van der Waals surface area contributed by atoms with Gasteiger partial charge >= 0.3 is 17.9 Å². The molecule has 0 amide bonds. The van der Waals surface area contributed by atoms with E-state index in [4.69, 9.17) is 18.9 Å². The molecule has 0 saturated carbocycles. The lowest BCUT2D eigenvalue weighted by atomic mass is 9.75. The number of esters is 3. The molecule has 1 fully saturated rings. The first kappa shape index (κ1) is 20.6. The Morgan fingerprint density at radius 3 is 1.96 bits per heavy atom. The zero-order valence-electron chi connectivity index (χ0n) is 15.7. The molecule has 1 saturated heterocycles. The number of hydrogen-bond acceptors (Lipinski definition) is 7. The standard InChI is InChI=1S/C20H24O7/c1-5-24-17(21)16-20(18(22)25-6-2,19(23)26-7-3)13(4)15(27-16)14-11-9-8-10-12-14/h8-12,15-16H,4-7H2,1-3H3/t15-,16-/m1/s1. The largest absolute Gasteiger partial charge is 0.465 e. The number of carbonyl (C=O) groups is 3. The molecule has 27 heavy (non-hydrogen) atoms. The summed E-state index contributed by atoms with van der Waals surface area (Å²) in [6.45, 7) is 8.83. The summed E-state index contributed by atoms with van der Waals surface area (Å²) in [5.41, 5.74) is -1.39. The van der Waals surface area contributed by atoms with E-state index in [2.05, 4.69) is 6.58 Å². The summed E-state index contributed by atoms with van der Waals surface area (Å²) in [4.78, 5) is 38.4. The second-order valence-corrected chi connectivity index (χ2v) is 5.83. The van der Waals surface area contributed by atoms with E-state index in [-0.39, 0.29) is 25.4 Å². The molecule has 1 aliphatic rings. The predicted molar refractivity (Wildman–Crippen MR) is 95.5 cm³/mol. The van der Waals surface area contributed by atoms with Crippen molar-refractivity contribution in [1.82, 2.24) is 0 Å². The number of benzene rings is 1. The fraction of sp³-hybridized carbons (Fsp3) is 0.450. The van der Waals surface area contributed by atoms with Crippen molar-refractivity contribution < 1.29 is 33.3 Å². The van der Waals surface area contributed by atoms with Crippen molar-refractivity contribution in [1.29, 1.82) is 0 Å². The number of hydrogen-bond donors (Lipinski definition) is 0. The molecule has 1 aliphatic heterocycles. The first-order valence-electron chi connectivity index (χ1n) is 8.85. The monoisotopic (exact) mass is 376 g/mol. The van der Waals surface area contributed by atoms with Crippen molar-refractivity contribution in [3.05, 3.63) is 48.0 Å². The lowest BCUT2D eigenvalue weighted by Gasteiger charge is -2.28. The van der Waals surface area contributed by atoms with Crippen LogP contribution in [0.25, 0.3) is 0 Å². The topological polar surface area (TPSA) is 88.1 Å². The Morgan fingerprint density at radius 2 is 1.48 bits per heavy atom. The maximum absolute atomic E-state index is 12.9. The first-order chi connectivity index (χ1) is 12.9. The average molecular weight is 376 g/mol. The minimum absolute atomic E-state index is 0.0127. The predicted octanol–water partition coefficient (Wildman–Crippen LogP) is 2.36. The molecular weight excluding hydrogens is 352 g/mol. The molecule has 7 nitrogen and oxygen atoms in total. The summed E-state index contributed by atoms with van der Waals surface area (Å²) in [5.74, 6) is -2.73. The van der Waals surface area contributed by atoms with Gasteiger partial charge in [0.25, 0.3) is 0 Å². The number of rotatable bonds is 7. The fourth-order valence-corrected chi connectivity index (χ4v) is 3.10. The molecule has 0 aromatic heterocycles. The Balaban J connectivity index is 2.61. The zero-order valence-corrected chi connectivity index (χ0v) is 15.7. The van der Waals surface area contributed by atoms with Crippen LogP contribution in [0.5, 0.6) is 0 Å². The van der Waals surface area contributed by atoms with Gasteiger partial charge in [0, 0.05) is 0 Å².